The monoisotopic (exact) mass is 307 g/mol. The smallest absolute Gasteiger partial charge is 0.275 e. The molecule has 1 amide bonds. The highest BCUT2D eigenvalue weighted by molar-refractivity contribution is 6.34. The number of amides is 1. The number of likely N-dealkylation sites (tertiary alicyclic amines) is 1. The van der Waals surface area contributed by atoms with Crippen LogP contribution in [-0.2, 0) is 7.05 Å². The standard InChI is InChI=1S/C12H16ClF2N3O2/c1-7-9(13)10(16-17(7)2)11(20)18-4-3-12(14,15)8(5-18)6-19/h8,19H,3-6H2,1-2H3. The summed E-state index contributed by atoms with van der Waals surface area (Å²) in [7, 11) is 1.65. The molecule has 2 rings (SSSR count). The molecule has 20 heavy (non-hydrogen) atoms. The zero-order valence-electron chi connectivity index (χ0n) is 11.2. The fourth-order valence-electron chi connectivity index (χ4n) is 2.22. The van der Waals surface area contributed by atoms with Crippen molar-refractivity contribution in [1.29, 1.82) is 0 Å². The number of hydrogen-bond donors (Lipinski definition) is 1. The van der Waals surface area contributed by atoms with Gasteiger partial charge in [-0.3, -0.25) is 9.48 Å². The lowest BCUT2D eigenvalue weighted by atomic mass is 9.94. The molecule has 1 aliphatic rings. The summed E-state index contributed by atoms with van der Waals surface area (Å²) in [4.78, 5) is 13.6. The fourth-order valence-corrected chi connectivity index (χ4v) is 2.46. The van der Waals surface area contributed by atoms with Crippen LogP contribution in [0.1, 0.15) is 22.6 Å². The Kier molecular flexibility index (Phi) is 4.02. The first kappa shape index (κ1) is 15.2. The van der Waals surface area contributed by atoms with Gasteiger partial charge in [0, 0.05) is 26.6 Å². The molecule has 1 saturated heterocycles. The highest BCUT2D eigenvalue weighted by atomic mass is 35.5. The minimum Gasteiger partial charge on any atom is -0.396 e. The molecule has 0 bridgehead atoms. The summed E-state index contributed by atoms with van der Waals surface area (Å²) in [6.45, 7) is 0.779. The molecule has 0 saturated carbocycles. The molecule has 1 unspecified atom stereocenters. The van der Waals surface area contributed by atoms with Gasteiger partial charge in [-0.05, 0) is 6.92 Å². The minimum absolute atomic E-state index is 0.0635. The summed E-state index contributed by atoms with van der Waals surface area (Å²) < 4.78 is 28.5. The van der Waals surface area contributed by atoms with E-state index >= 15 is 0 Å². The van der Waals surface area contributed by atoms with Gasteiger partial charge in [-0.2, -0.15) is 5.10 Å². The number of nitrogens with zero attached hydrogens (tertiary/aromatic N) is 3. The maximum absolute atomic E-state index is 13.5. The van der Waals surface area contributed by atoms with E-state index in [0.29, 0.717) is 5.69 Å². The molecule has 1 N–H and O–H groups in total. The molecular formula is C12H16ClF2N3O2. The minimum atomic E-state index is -2.95. The van der Waals surface area contributed by atoms with Crippen LogP contribution in [0, 0.1) is 12.8 Å². The highest BCUT2D eigenvalue weighted by Gasteiger charge is 2.45. The maximum atomic E-state index is 13.5. The Hall–Kier alpha value is -1.21. The summed E-state index contributed by atoms with van der Waals surface area (Å²) in [5.41, 5.74) is 0.699. The van der Waals surface area contributed by atoms with Gasteiger partial charge in [-0.25, -0.2) is 8.78 Å². The first-order valence-corrected chi connectivity index (χ1v) is 6.62. The zero-order valence-corrected chi connectivity index (χ0v) is 12.0. The van der Waals surface area contributed by atoms with Gasteiger partial charge in [-0.1, -0.05) is 11.6 Å². The molecule has 0 aromatic carbocycles. The Morgan fingerprint density at radius 2 is 2.25 bits per heavy atom. The van der Waals surface area contributed by atoms with Crippen LogP contribution in [-0.4, -0.2) is 51.3 Å². The first-order valence-electron chi connectivity index (χ1n) is 6.25. The summed E-state index contributed by atoms with van der Waals surface area (Å²) in [6.07, 6.45) is -0.465. The average Bonchev–Trinajstić information content (AvgIpc) is 2.65. The average molecular weight is 308 g/mol. The molecule has 2 heterocycles. The van der Waals surface area contributed by atoms with E-state index in [1.54, 1.807) is 14.0 Å². The van der Waals surface area contributed by atoms with E-state index in [4.69, 9.17) is 16.7 Å². The molecule has 0 radical (unpaired) electrons. The van der Waals surface area contributed by atoms with Crippen molar-refractivity contribution in [2.75, 3.05) is 19.7 Å². The summed E-state index contributed by atoms with van der Waals surface area (Å²) in [5.74, 6) is -4.67. The lowest BCUT2D eigenvalue weighted by Crippen LogP contribution is -2.50. The van der Waals surface area contributed by atoms with Gasteiger partial charge in [0.15, 0.2) is 5.69 Å². The molecule has 112 valence electrons. The van der Waals surface area contributed by atoms with E-state index in [2.05, 4.69) is 5.10 Å². The molecule has 1 aromatic heterocycles. The topological polar surface area (TPSA) is 58.4 Å². The van der Waals surface area contributed by atoms with Crippen LogP contribution in [0.4, 0.5) is 8.78 Å². The molecule has 8 heteroatoms. The van der Waals surface area contributed by atoms with Crippen molar-refractivity contribution < 1.29 is 18.7 Å². The number of aliphatic hydroxyl groups excluding tert-OH is 1. The molecule has 1 aliphatic heterocycles. The van der Waals surface area contributed by atoms with E-state index in [1.165, 1.54) is 9.58 Å². The lowest BCUT2D eigenvalue weighted by Gasteiger charge is -2.37. The molecule has 5 nitrogen and oxygen atoms in total. The van der Waals surface area contributed by atoms with Crippen LogP contribution in [0.2, 0.25) is 5.02 Å². The Morgan fingerprint density at radius 3 is 2.75 bits per heavy atom. The van der Waals surface area contributed by atoms with E-state index in [9.17, 15) is 13.6 Å². The third-order valence-corrected chi connectivity index (χ3v) is 4.18. The molecule has 1 fully saturated rings. The number of aliphatic hydroxyl groups is 1. The second-order valence-corrected chi connectivity index (χ2v) is 5.39. The SMILES string of the molecule is Cc1c(Cl)c(C(=O)N2CCC(F)(F)C(CO)C2)nn1C. The second-order valence-electron chi connectivity index (χ2n) is 5.01. The van der Waals surface area contributed by atoms with Crippen molar-refractivity contribution in [1.82, 2.24) is 14.7 Å². The normalized spacial score (nSPS) is 22.1. The number of rotatable bonds is 2. The molecular weight excluding hydrogens is 292 g/mol. The van der Waals surface area contributed by atoms with Crippen molar-refractivity contribution in [2.24, 2.45) is 13.0 Å². The zero-order chi connectivity index (χ0) is 15.1. The van der Waals surface area contributed by atoms with Gasteiger partial charge in [-0.15, -0.1) is 0 Å². The third kappa shape index (κ3) is 2.52. The van der Waals surface area contributed by atoms with Crippen LogP contribution in [0.25, 0.3) is 0 Å². The summed E-state index contributed by atoms with van der Waals surface area (Å²) in [6, 6.07) is 0. The highest BCUT2D eigenvalue weighted by Crippen LogP contribution is 2.34. The van der Waals surface area contributed by atoms with Gasteiger partial charge < -0.3 is 10.0 Å². The van der Waals surface area contributed by atoms with Crippen molar-refractivity contribution in [3.63, 3.8) is 0 Å². The largest absolute Gasteiger partial charge is 0.396 e. The van der Waals surface area contributed by atoms with Crippen LogP contribution in [0.15, 0.2) is 0 Å². The number of aryl methyl sites for hydroxylation is 1. The van der Waals surface area contributed by atoms with E-state index in [-0.39, 0.29) is 23.8 Å². The predicted molar refractivity (Wildman–Crippen MR) is 69.0 cm³/mol. The van der Waals surface area contributed by atoms with Crippen molar-refractivity contribution >= 4 is 17.5 Å². The number of halogens is 3. The number of carbonyl (C=O) groups is 1. The van der Waals surface area contributed by atoms with E-state index < -0.39 is 30.8 Å². The Bertz CT molecular complexity index is 533. The Labute approximate surface area is 120 Å². The number of alkyl halides is 2. The number of carbonyl (C=O) groups excluding carboxylic acids is 1. The molecule has 1 aromatic rings. The summed E-state index contributed by atoms with van der Waals surface area (Å²) >= 11 is 6.03. The quantitative estimate of drug-likeness (QED) is 0.900. The maximum Gasteiger partial charge on any atom is 0.275 e. The van der Waals surface area contributed by atoms with Gasteiger partial charge in [0.1, 0.15) is 0 Å². The molecule has 0 spiro atoms. The van der Waals surface area contributed by atoms with Crippen LogP contribution < -0.4 is 0 Å². The summed E-state index contributed by atoms with van der Waals surface area (Å²) in [5, 5.41) is 13.3. The van der Waals surface area contributed by atoms with E-state index in [0.717, 1.165) is 0 Å². The van der Waals surface area contributed by atoms with Gasteiger partial charge in [0.05, 0.1) is 23.2 Å². The van der Waals surface area contributed by atoms with Gasteiger partial charge in [0.2, 0.25) is 0 Å². The third-order valence-electron chi connectivity index (χ3n) is 3.72. The number of piperidine rings is 1. The van der Waals surface area contributed by atoms with Gasteiger partial charge in [0.25, 0.3) is 11.8 Å². The fraction of sp³-hybridized carbons (Fsp3) is 0.667. The lowest BCUT2D eigenvalue weighted by molar-refractivity contribution is -0.113. The van der Waals surface area contributed by atoms with Crippen molar-refractivity contribution in [2.45, 2.75) is 19.3 Å². The van der Waals surface area contributed by atoms with E-state index in [1.807, 2.05) is 0 Å². The first-order chi connectivity index (χ1) is 9.27. The Morgan fingerprint density at radius 1 is 1.60 bits per heavy atom. The predicted octanol–water partition coefficient (Wildman–Crippen LogP) is 1.47. The Balaban J connectivity index is 2.20. The molecule has 1 atom stereocenters. The second kappa shape index (κ2) is 5.29. The van der Waals surface area contributed by atoms with Crippen LogP contribution in [0.3, 0.4) is 0 Å². The molecule has 0 aliphatic carbocycles. The van der Waals surface area contributed by atoms with Crippen LogP contribution >= 0.6 is 11.6 Å². The van der Waals surface area contributed by atoms with Crippen molar-refractivity contribution in [3.05, 3.63) is 16.4 Å². The van der Waals surface area contributed by atoms with Crippen molar-refractivity contribution in [3.8, 4) is 0 Å². The van der Waals surface area contributed by atoms with Crippen LogP contribution in [0.5, 0.6) is 0 Å². The van der Waals surface area contributed by atoms with Gasteiger partial charge >= 0.3 is 0 Å². The number of hydrogen-bond acceptors (Lipinski definition) is 3. The number of aromatic nitrogens is 2.